The largest absolute Gasteiger partial charge is 0.497 e. The molecule has 0 aromatic heterocycles. The van der Waals surface area contributed by atoms with Crippen molar-refractivity contribution < 1.29 is 14.3 Å². The van der Waals surface area contributed by atoms with Gasteiger partial charge in [-0.05, 0) is 35.4 Å². The summed E-state index contributed by atoms with van der Waals surface area (Å²) in [7, 11) is 3.34. The average Bonchev–Trinajstić information content (AvgIpc) is 2.84. The van der Waals surface area contributed by atoms with Gasteiger partial charge in [0.1, 0.15) is 18.4 Å². The number of ether oxygens (including phenoxy) is 2. The number of benzene rings is 3. The van der Waals surface area contributed by atoms with Gasteiger partial charge in [0.15, 0.2) is 0 Å². The number of hydrogen-bond acceptors (Lipinski definition) is 3. The van der Waals surface area contributed by atoms with Crippen molar-refractivity contribution in [2.45, 2.75) is 12.6 Å². The third kappa shape index (κ3) is 6.38. The predicted octanol–water partition coefficient (Wildman–Crippen LogP) is 4.37. The molecule has 2 N–H and O–H groups in total. The number of carbonyl (C=O) groups is 1. The Balaban J connectivity index is 1.79. The van der Waals surface area contributed by atoms with Gasteiger partial charge in [-0.3, -0.25) is 0 Å². The molecule has 1 amide bonds. The zero-order chi connectivity index (χ0) is 22.8. The maximum atomic E-state index is 12.2. The van der Waals surface area contributed by atoms with Gasteiger partial charge in [-0.2, -0.15) is 0 Å². The molecule has 3 rings (SSSR count). The number of aliphatic imine (C=N–C) groups is 1. The lowest BCUT2D eigenvalue weighted by Crippen LogP contribution is -2.37. The first kappa shape index (κ1) is 22.4. The summed E-state index contributed by atoms with van der Waals surface area (Å²) >= 11 is 0. The van der Waals surface area contributed by atoms with E-state index >= 15 is 0 Å². The maximum Gasteiger partial charge on any atom is 0.437 e. The molecule has 0 spiro atoms. The summed E-state index contributed by atoms with van der Waals surface area (Å²) in [5.41, 5.74) is 8.76. The fourth-order valence-electron chi connectivity index (χ4n) is 2.92. The molecule has 0 saturated heterocycles. The van der Waals surface area contributed by atoms with Crippen molar-refractivity contribution in [3.8, 4) is 17.6 Å². The van der Waals surface area contributed by atoms with Gasteiger partial charge in [-0.1, -0.05) is 72.5 Å². The molecule has 32 heavy (non-hydrogen) atoms. The lowest BCUT2D eigenvalue weighted by Gasteiger charge is -2.25. The number of hydrogen-bond donors (Lipinski definition) is 1. The summed E-state index contributed by atoms with van der Waals surface area (Å²) in [5.74, 6) is 7.12. The van der Waals surface area contributed by atoms with Crippen LogP contribution < -0.4 is 10.5 Å². The molecule has 0 fully saturated rings. The van der Waals surface area contributed by atoms with Crippen LogP contribution in [0.15, 0.2) is 89.9 Å². The monoisotopic (exact) mass is 427 g/mol. The van der Waals surface area contributed by atoms with Crippen LogP contribution in [0.2, 0.25) is 0 Å². The highest BCUT2D eigenvalue weighted by Crippen LogP contribution is 2.22. The zero-order valence-electron chi connectivity index (χ0n) is 18.1. The van der Waals surface area contributed by atoms with Gasteiger partial charge in [0.25, 0.3) is 0 Å². The molecule has 1 atom stereocenters. The molecule has 6 nitrogen and oxygen atoms in total. The Hall–Kier alpha value is -4.24. The van der Waals surface area contributed by atoms with E-state index in [2.05, 4.69) is 16.8 Å². The molecule has 0 saturated carbocycles. The minimum atomic E-state index is -0.761. The van der Waals surface area contributed by atoms with E-state index in [0.717, 1.165) is 22.4 Å². The quantitative estimate of drug-likeness (QED) is 0.372. The molecule has 3 aromatic carbocycles. The van der Waals surface area contributed by atoms with E-state index in [-0.39, 0.29) is 12.6 Å². The van der Waals surface area contributed by atoms with Gasteiger partial charge in [0.05, 0.1) is 7.11 Å². The van der Waals surface area contributed by atoms with E-state index < -0.39 is 12.1 Å². The molecular weight excluding hydrogens is 402 g/mol. The Kier molecular flexibility index (Phi) is 7.88. The lowest BCUT2D eigenvalue weighted by atomic mass is 10.1. The molecule has 6 heteroatoms. The van der Waals surface area contributed by atoms with Gasteiger partial charge >= 0.3 is 6.09 Å². The highest BCUT2D eigenvalue weighted by atomic mass is 16.5. The molecule has 3 aromatic rings. The van der Waals surface area contributed by atoms with Crippen molar-refractivity contribution in [3.63, 3.8) is 0 Å². The van der Waals surface area contributed by atoms with Crippen molar-refractivity contribution in [3.05, 3.63) is 102 Å². The summed E-state index contributed by atoms with van der Waals surface area (Å²) in [6, 6.07) is 26.1. The van der Waals surface area contributed by atoms with E-state index in [9.17, 15) is 4.79 Å². The standard InChI is InChI=1S/C26H25N3O3/c1-29(25(27)28-26(30)32-19-21-11-7-4-8-12-21)24(18-13-20-9-5-3-6-10-20)22-14-16-23(31-2)17-15-22/h3-12,14-17,24H,19H2,1-2H3,(H2,27,28,30). The Morgan fingerprint density at radius 1 is 1.00 bits per heavy atom. The molecule has 162 valence electrons. The van der Waals surface area contributed by atoms with E-state index in [1.54, 1.807) is 19.1 Å². The molecule has 0 aliphatic rings. The summed E-state index contributed by atoms with van der Waals surface area (Å²) < 4.78 is 10.5. The van der Waals surface area contributed by atoms with Gasteiger partial charge in [-0.15, -0.1) is 4.99 Å². The zero-order valence-corrected chi connectivity index (χ0v) is 18.1. The van der Waals surface area contributed by atoms with Gasteiger partial charge in [0.2, 0.25) is 5.96 Å². The molecule has 0 heterocycles. The third-order valence-electron chi connectivity index (χ3n) is 4.72. The number of nitrogens with zero attached hydrogens (tertiary/aromatic N) is 2. The van der Waals surface area contributed by atoms with Crippen LogP contribution in [0.1, 0.15) is 22.7 Å². The first-order valence-corrected chi connectivity index (χ1v) is 10.0. The number of nitrogens with two attached hydrogens (primary N) is 1. The normalized spacial score (nSPS) is 11.6. The number of carbonyl (C=O) groups excluding carboxylic acids is 1. The molecule has 0 aliphatic heterocycles. The SMILES string of the molecule is COc1ccc(C(C#Cc2ccccc2)N(C)/C(N)=N/C(=O)OCc2ccccc2)cc1. The minimum Gasteiger partial charge on any atom is -0.497 e. The number of amides is 1. The Morgan fingerprint density at radius 3 is 2.25 bits per heavy atom. The second kappa shape index (κ2) is 11.2. The molecule has 0 aliphatic carbocycles. The van der Waals surface area contributed by atoms with Crippen LogP contribution in [0.5, 0.6) is 5.75 Å². The predicted molar refractivity (Wildman–Crippen MR) is 125 cm³/mol. The molecule has 0 radical (unpaired) electrons. The van der Waals surface area contributed by atoms with Gasteiger partial charge < -0.3 is 20.1 Å². The number of methoxy groups -OCH3 is 1. The third-order valence-corrected chi connectivity index (χ3v) is 4.72. The average molecular weight is 428 g/mol. The fourth-order valence-corrected chi connectivity index (χ4v) is 2.92. The smallest absolute Gasteiger partial charge is 0.437 e. The lowest BCUT2D eigenvalue weighted by molar-refractivity contribution is 0.150. The van der Waals surface area contributed by atoms with Crippen LogP contribution in [0.3, 0.4) is 0 Å². The summed E-state index contributed by atoms with van der Waals surface area (Å²) in [5, 5.41) is 0. The van der Waals surface area contributed by atoms with Crippen molar-refractivity contribution in [2.24, 2.45) is 10.7 Å². The second-order valence-corrected chi connectivity index (χ2v) is 6.93. The Bertz CT molecular complexity index is 1100. The van der Waals surface area contributed by atoms with Crippen molar-refractivity contribution in [1.29, 1.82) is 0 Å². The first-order chi connectivity index (χ1) is 15.6. The van der Waals surface area contributed by atoms with E-state index in [1.807, 2.05) is 84.9 Å². The van der Waals surface area contributed by atoms with Crippen molar-refractivity contribution in [2.75, 3.05) is 14.2 Å². The van der Waals surface area contributed by atoms with Gasteiger partial charge in [0, 0.05) is 12.6 Å². The van der Waals surface area contributed by atoms with E-state index in [0.29, 0.717) is 0 Å². The molecule has 1 unspecified atom stereocenters. The van der Waals surface area contributed by atoms with Gasteiger partial charge in [-0.25, -0.2) is 4.79 Å². The Labute approximate surface area is 188 Å². The second-order valence-electron chi connectivity index (χ2n) is 6.93. The Morgan fingerprint density at radius 2 is 1.62 bits per heavy atom. The van der Waals surface area contributed by atoms with Crippen LogP contribution in [0, 0.1) is 11.8 Å². The first-order valence-electron chi connectivity index (χ1n) is 10.0. The van der Waals surface area contributed by atoms with Crippen LogP contribution >= 0.6 is 0 Å². The maximum absolute atomic E-state index is 12.2. The fraction of sp³-hybridized carbons (Fsp3) is 0.154. The van der Waals surface area contributed by atoms with E-state index in [1.165, 1.54) is 0 Å². The summed E-state index contributed by atoms with van der Waals surface area (Å²) in [6.07, 6.45) is -0.761. The van der Waals surface area contributed by atoms with Crippen LogP contribution in [-0.4, -0.2) is 31.1 Å². The number of rotatable bonds is 5. The highest BCUT2D eigenvalue weighted by Gasteiger charge is 2.18. The van der Waals surface area contributed by atoms with Crippen LogP contribution in [0.4, 0.5) is 4.79 Å². The van der Waals surface area contributed by atoms with Crippen molar-refractivity contribution in [1.82, 2.24) is 4.90 Å². The van der Waals surface area contributed by atoms with E-state index in [4.69, 9.17) is 15.2 Å². The summed E-state index contributed by atoms with van der Waals surface area (Å²) in [4.78, 5) is 17.7. The number of guanidine groups is 1. The summed E-state index contributed by atoms with van der Waals surface area (Å²) in [6.45, 7) is 0.121. The van der Waals surface area contributed by atoms with Crippen molar-refractivity contribution >= 4 is 12.1 Å². The highest BCUT2D eigenvalue weighted by molar-refractivity contribution is 5.89. The molecule has 0 bridgehead atoms. The minimum absolute atomic E-state index is 0.00578. The topological polar surface area (TPSA) is 77.2 Å². The van der Waals surface area contributed by atoms with Crippen LogP contribution in [0.25, 0.3) is 0 Å². The molecular formula is C26H25N3O3. The van der Waals surface area contributed by atoms with Crippen LogP contribution in [-0.2, 0) is 11.3 Å².